The fourth-order valence-electron chi connectivity index (χ4n) is 2.51. The molecule has 0 radical (unpaired) electrons. The van der Waals surface area contributed by atoms with Gasteiger partial charge in [-0.15, -0.1) is 0 Å². The van der Waals surface area contributed by atoms with Crippen molar-refractivity contribution >= 4 is 23.5 Å². The largest absolute Gasteiger partial charge is 0.497 e. The molecule has 1 aromatic heterocycles. The second kappa shape index (κ2) is 9.86. The van der Waals surface area contributed by atoms with E-state index in [9.17, 15) is 4.79 Å². The highest BCUT2D eigenvalue weighted by Gasteiger charge is 2.25. The van der Waals surface area contributed by atoms with Crippen LogP contribution in [0.2, 0.25) is 0 Å². The van der Waals surface area contributed by atoms with Crippen LogP contribution >= 0.6 is 0 Å². The van der Waals surface area contributed by atoms with Crippen molar-refractivity contribution in [3.63, 3.8) is 0 Å². The molecule has 1 unspecified atom stereocenters. The molecule has 0 fully saturated rings. The molecular weight excluding hydrogens is 362 g/mol. The molecule has 0 saturated heterocycles. The Morgan fingerprint density at radius 3 is 2.46 bits per heavy atom. The van der Waals surface area contributed by atoms with Gasteiger partial charge in [0, 0.05) is 33.0 Å². The van der Waals surface area contributed by atoms with Gasteiger partial charge in [0.2, 0.25) is 5.95 Å². The summed E-state index contributed by atoms with van der Waals surface area (Å²) in [6.45, 7) is 4.44. The fraction of sp³-hybridized carbons (Fsp3) is 0.421. The maximum atomic E-state index is 12.7. The summed E-state index contributed by atoms with van der Waals surface area (Å²) >= 11 is 0. The lowest BCUT2D eigenvalue weighted by Crippen LogP contribution is -2.42. The summed E-state index contributed by atoms with van der Waals surface area (Å²) in [6, 6.07) is 8.49. The molecule has 9 heteroatoms. The third kappa shape index (κ3) is 5.30. The predicted molar refractivity (Wildman–Crippen MR) is 107 cm³/mol. The number of carbonyl (C=O) groups excluding carboxylic acids is 1. The van der Waals surface area contributed by atoms with E-state index in [1.807, 2.05) is 13.8 Å². The van der Waals surface area contributed by atoms with Crippen LogP contribution in [0.3, 0.4) is 0 Å². The summed E-state index contributed by atoms with van der Waals surface area (Å²) in [4.78, 5) is 22.9. The third-order valence-corrected chi connectivity index (χ3v) is 3.98. The Hall–Kier alpha value is -2.91. The number of nitrogens with zero attached hydrogens (tertiary/aromatic N) is 3. The molecule has 28 heavy (non-hydrogen) atoms. The van der Waals surface area contributed by atoms with E-state index in [1.54, 1.807) is 57.9 Å². The molecule has 9 nitrogen and oxygen atoms in total. The average Bonchev–Trinajstić information content (AvgIpc) is 2.69. The number of carbonyl (C=O) groups is 1. The van der Waals surface area contributed by atoms with E-state index in [4.69, 9.17) is 14.2 Å². The first-order valence-corrected chi connectivity index (χ1v) is 8.83. The minimum Gasteiger partial charge on any atom is -0.497 e. The van der Waals surface area contributed by atoms with Crippen molar-refractivity contribution in [1.82, 2.24) is 15.3 Å². The number of rotatable bonds is 9. The second-order valence-electron chi connectivity index (χ2n) is 6.10. The number of aromatic nitrogens is 2. The number of anilines is 3. The molecule has 2 rings (SSSR count). The number of urea groups is 1. The molecule has 1 heterocycles. The topological polar surface area (TPSA) is 97.8 Å². The second-order valence-corrected chi connectivity index (χ2v) is 6.10. The van der Waals surface area contributed by atoms with E-state index < -0.39 is 5.72 Å². The van der Waals surface area contributed by atoms with E-state index in [0.717, 1.165) is 0 Å². The van der Waals surface area contributed by atoms with Gasteiger partial charge >= 0.3 is 6.03 Å². The first-order chi connectivity index (χ1) is 13.5. The van der Waals surface area contributed by atoms with Gasteiger partial charge in [-0.2, -0.15) is 4.98 Å². The van der Waals surface area contributed by atoms with Gasteiger partial charge in [0.15, 0.2) is 5.72 Å². The van der Waals surface area contributed by atoms with Crippen molar-refractivity contribution in [2.24, 2.45) is 0 Å². The summed E-state index contributed by atoms with van der Waals surface area (Å²) < 4.78 is 15.8. The molecular formula is C19H27N5O4. The van der Waals surface area contributed by atoms with E-state index in [0.29, 0.717) is 29.7 Å². The van der Waals surface area contributed by atoms with Gasteiger partial charge in [-0.25, -0.2) is 14.7 Å². The highest BCUT2D eigenvalue weighted by molar-refractivity contribution is 5.98. The summed E-state index contributed by atoms with van der Waals surface area (Å²) in [5, 5.41) is 5.89. The van der Waals surface area contributed by atoms with Crippen molar-refractivity contribution in [3.8, 4) is 5.75 Å². The first-order valence-electron chi connectivity index (χ1n) is 8.83. The first kappa shape index (κ1) is 21.4. The number of hydrogen-bond acceptors (Lipinski definition) is 7. The Kier molecular flexibility index (Phi) is 7.53. The number of nitrogens with one attached hydrogen (secondary N) is 2. The quantitative estimate of drug-likeness (QED) is 0.636. The minimum atomic E-state index is -0.815. The van der Waals surface area contributed by atoms with Gasteiger partial charge in [0.25, 0.3) is 0 Å². The van der Waals surface area contributed by atoms with Gasteiger partial charge in [-0.05, 0) is 38.1 Å². The monoisotopic (exact) mass is 389 g/mol. The number of ether oxygens (including phenoxy) is 3. The van der Waals surface area contributed by atoms with E-state index >= 15 is 0 Å². The van der Waals surface area contributed by atoms with Crippen molar-refractivity contribution < 1.29 is 19.0 Å². The van der Waals surface area contributed by atoms with E-state index in [-0.39, 0.29) is 12.6 Å². The molecule has 0 saturated carbocycles. The SMILES string of the molecule is CCNC(=O)N(c1ccc(OC)cc1)c1ccnc(NC(C)(COC)OC)n1. The Morgan fingerprint density at radius 1 is 1.18 bits per heavy atom. The standard InChI is InChI=1S/C19H27N5O4/c1-6-20-18(25)24(14-7-9-15(27-4)10-8-14)16-11-12-21-17(22-16)23-19(2,28-5)13-26-3/h7-12H,6,13H2,1-5H3,(H,20,25)(H,21,22,23). The minimum absolute atomic E-state index is 0.287. The maximum Gasteiger partial charge on any atom is 0.327 e. The molecule has 0 aliphatic rings. The summed E-state index contributed by atoms with van der Waals surface area (Å²) in [7, 11) is 4.73. The van der Waals surface area contributed by atoms with Crippen LogP contribution in [0.25, 0.3) is 0 Å². The van der Waals surface area contributed by atoms with Crippen molar-refractivity contribution in [3.05, 3.63) is 36.5 Å². The summed E-state index contributed by atoms with van der Waals surface area (Å²) in [5.74, 6) is 1.41. The Bertz CT molecular complexity index is 771. The molecule has 0 aliphatic heterocycles. The molecule has 0 bridgehead atoms. The van der Waals surface area contributed by atoms with Gasteiger partial charge < -0.3 is 24.8 Å². The van der Waals surface area contributed by atoms with Crippen molar-refractivity contribution in [1.29, 1.82) is 0 Å². The average molecular weight is 389 g/mol. The van der Waals surface area contributed by atoms with Crippen LogP contribution in [0.4, 0.5) is 22.2 Å². The Labute approximate surface area is 165 Å². The van der Waals surface area contributed by atoms with Crippen LogP contribution in [-0.2, 0) is 9.47 Å². The maximum absolute atomic E-state index is 12.7. The molecule has 2 aromatic rings. The van der Waals surface area contributed by atoms with Gasteiger partial charge in [0.1, 0.15) is 11.6 Å². The number of benzene rings is 1. The smallest absolute Gasteiger partial charge is 0.327 e. The van der Waals surface area contributed by atoms with Gasteiger partial charge in [0.05, 0.1) is 19.4 Å². The zero-order valence-electron chi connectivity index (χ0n) is 16.9. The van der Waals surface area contributed by atoms with Crippen LogP contribution in [-0.4, -0.2) is 56.2 Å². The lowest BCUT2D eigenvalue weighted by Gasteiger charge is -2.29. The van der Waals surface area contributed by atoms with Crippen LogP contribution in [0.15, 0.2) is 36.5 Å². The van der Waals surface area contributed by atoms with E-state index in [1.165, 1.54) is 4.90 Å². The highest BCUT2D eigenvalue weighted by Crippen LogP contribution is 2.27. The van der Waals surface area contributed by atoms with Crippen LogP contribution in [0.5, 0.6) is 5.75 Å². The van der Waals surface area contributed by atoms with E-state index in [2.05, 4.69) is 20.6 Å². The number of amides is 2. The molecule has 1 aromatic carbocycles. The zero-order chi connectivity index (χ0) is 20.6. The van der Waals surface area contributed by atoms with Crippen molar-refractivity contribution in [2.75, 3.05) is 44.7 Å². The van der Waals surface area contributed by atoms with Gasteiger partial charge in [-0.3, -0.25) is 0 Å². The van der Waals surface area contributed by atoms with Crippen molar-refractivity contribution in [2.45, 2.75) is 19.6 Å². The molecule has 2 N–H and O–H groups in total. The fourth-order valence-corrected chi connectivity index (χ4v) is 2.51. The summed E-state index contributed by atoms with van der Waals surface area (Å²) in [6.07, 6.45) is 1.57. The zero-order valence-corrected chi connectivity index (χ0v) is 16.9. The Balaban J connectivity index is 2.38. The van der Waals surface area contributed by atoms with Crippen LogP contribution in [0.1, 0.15) is 13.8 Å². The van der Waals surface area contributed by atoms with Crippen LogP contribution < -0.4 is 20.3 Å². The third-order valence-electron chi connectivity index (χ3n) is 3.98. The number of methoxy groups -OCH3 is 3. The highest BCUT2D eigenvalue weighted by atomic mass is 16.5. The molecule has 1 atom stereocenters. The molecule has 0 spiro atoms. The predicted octanol–water partition coefficient (Wildman–Crippen LogP) is 2.77. The normalized spacial score (nSPS) is 12.8. The lowest BCUT2D eigenvalue weighted by atomic mass is 10.2. The molecule has 2 amide bonds. The lowest BCUT2D eigenvalue weighted by molar-refractivity contribution is -0.0306. The van der Waals surface area contributed by atoms with Crippen LogP contribution in [0, 0.1) is 0 Å². The van der Waals surface area contributed by atoms with Gasteiger partial charge in [-0.1, -0.05) is 0 Å². The summed E-state index contributed by atoms with van der Waals surface area (Å²) in [5.41, 5.74) is -0.174. The molecule has 152 valence electrons. The Morgan fingerprint density at radius 2 is 1.89 bits per heavy atom. The number of hydrogen-bond donors (Lipinski definition) is 2. The molecule has 0 aliphatic carbocycles.